The third kappa shape index (κ3) is 4.47. The van der Waals surface area contributed by atoms with Crippen molar-refractivity contribution < 1.29 is 23.4 Å². The van der Waals surface area contributed by atoms with E-state index in [1.807, 2.05) is 0 Å². The van der Waals surface area contributed by atoms with Gasteiger partial charge in [0.05, 0.1) is 22.2 Å². The average Bonchev–Trinajstić information content (AvgIpc) is 3.38. The van der Waals surface area contributed by atoms with Crippen LogP contribution in [0.3, 0.4) is 0 Å². The zero-order chi connectivity index (χ0) is 22.3. The fourth-order valence-corrected chi connectivity index (χ4v) is 5.95. The van der Waals surface area contributed by atoms with Crippen molar-refractivity contribution in [3.8, 4) is 0 Å². The first-order valence-corrected chi connectivity index (χ1v) is 14.3. The van der Waals surface area contributed by atoms with Crippen LogP contribution in [0, 0.1) is 11.9 Å². The van der Waals surface area contributed by atoms with E-state index in [4.69, 9.17) is 10.5 Å². The third-order valence-electron chi connectivity index (χ3n) is 5.64. The van der Waals surface area contributed by atoms with Crippen LogP contribution in [0.15, 0.2) is 17.3 Å². The van der Waals surface area contributed by atoms with E-state index in [1.54, 1.807) is 6.92 Å². The summed E-state index contributed by atoms with van der Waals surface area (Å²) in [6.07, 6.45) is 0.404. The van der Waals surface area contributed by atoms with Crippen molar-refractivity contribution in [2.75, 3.05) is 25.7 Å². The minimum Gasteiger partial charge on any atom is -0.465 e. The number of amides is 1. The summed E-state index contributed by atoms with van der Waals surface area (Å²) in [7, 11) is -1.33. The highest BCUT2D eigenvalue weighted by atomic mass is 32.2. The summed E-state index contributed by atoms with van der Waals surface area (Å²) in [5.74, 6) is -1.03. The van der Waals surface area contributed by atoms with E-state index in [1.165, 1.54) is 12.3 Å². The maximum atomic E-state index is 14.6. The molecule has 2 aliphatic rings. The normalized spacial score (nSPS) is 27.9. The lowest BCUT2D eigenvalue weighted by atomic mass is 9.87. The van der Waals surface area contributed by atoms with Crippen LogP contribution >= 0.6 is 11.8 Å². The molecule has 11 heteroatoms. The number of amidine groups is 1. The Bertz CT molecular complexity index is 869. The van der Waals surface area contributed by atoms with Crippen molar-refractivity contribution in [2.45, 2.75) is 49.3 Å². The average molecular weight is 459 g/mol. The number of carbonyl (C=O) groups is 1. The Balaban J connectivity index is 1.92. The van der Waals surface area contributed by atoms with E-state index < -0.39 is 37.1 Å². The topological polar surface area (TPSA) is 101 Å². The number of ether oxygens (including phenoxy) is 1. The Labute approximate surface area is 180 Å². The Morgan fingerprint density at radius 2 is 2.20 bits per heavy atom. The predicted octanol–water partition coefficient (Wildman–Crippen LogP) is 4.14. The van der Waals surface area contributed by atoms with Crippen molar-refractivity contribution in [3.05, 3.63) is 23.8 Å². The van der Waals surface area contributed by atoms with Gasteiger partial charge in [-0.05, 0) is 25.5 Å². The Morgan fingerprint density at radius 1 is 1.50 bits per heavy atom. The molecule has 3 atom stereocenters. The summed E-state index contributed by atoms with van der Waals surface area (Å²) < 4.78 is 33.4. The van der Waals surface area contributed by atoms with Crippen molar-refractivity contribution >= 4 is 36.8 Å². The molecule has 1 aliphatic carbocycles. The van der Waals surface area contributed by atoms with Crippen LogP contribution in [-0.4, -0.2) is 59.1 Å². The van der Waals surface area contributed by atoms with E-state index in [-0.39, 0.29) is 29.1 Å². The molecule has 2 heterocycles. The summed E-state index contributed by atoms with van der Waals surface area (Å²) >= 11 is 1.09. The number of nitrogens with zero attached hydrogens (tertiary/aromatic N) is 3. The van der Waals surface area contributed by atoms with Gasteiger partial charge in [-0.2, -0.15) is 4.39 Å². The number of nitrogens with two attached hydrogens (primary N) is 1. The molecule has 1 aliphatic heterocycles. The summed E-state index contributed by atoms with van der Waals surface area (Å²) in [5, 5.41) is 9.84. The molecule has 1 aromatic rings. The van der Waals surface area contributed by atoms with E-state index in [9.17, 15) is 18.7 Å². The minimum absolute atomic E-state index is 0.103. The van der Waals surface area contributed by atoms with Gasteiger partial charge in [-0.1, -0.05) is 31.4 Å². The van der Waals surface area contributed by atoms with Crippen molar-refractivity contribution in [2.24, 2.45) is 10.9 Å². The lowest BCUT2D eigenvalue weighted by Gasteiger charge is -2.36. The first-order valence-electron chi connectivity index (χ1n) is 9.76. The number of rotatable bonds is 7. The largest absolute Gasteiger partial charge is 0.465 e. The zero-order valence-electron chi connectivity index (χ0n) is 17.6. The fraction of sp³-hybridized carbons (Fsp3) is 0.632. The fourth-order valence-electron chi connectivity index (χ4n) is 3.68. The van der Waals surface area contributed by atoms with Crippen LogP contribution in [0.1, 0.15) is 18.9 Å². The van der Waals surface area contributed by atoms with Gasteiger partial charge in [-0.3, -0.25) is 4.99 Å². The maximum Gasteiger partial charge on any atom is 0.415 e. The second-order valence-electron chi connectivity index (χ2n) is 9.26. The Hall–Kier alpha value is -1.72. The molecule has 0 aromatic carbocycles. The zero-order valence-corrected chi connectivity index (χ0v) is 19.4. The minimum atomic E-state index is -1.33. The second-order valence-corrected chi connectivity index (χ2v) is 16.3. The van der Waals surface area contributed by atoms with Gasteiger partial charge in [0.15, 0.2) is 5.17 Å². The van der Waals surface area contributed by atoms with Crippen LogP contribution < -0.4 is 5.73 Å². The number of aliphatic imine (C=N–C) groups is 1. The highest BCUT2D eigenvalue weighted by molar-refractivity contribution is 8.15. The number of nitrogen functional groups attached to an aromatic ring is 1. The number of fused-ring (bicyclic) bond motifs is 1. The van der Waals surface area contributed by atoms with E-state index in [0.29, 0.717) is 13.0 Å². The first kappa shape index (κ1) is 23.0. The van der Waals surface area contributed by atoms with Crippen molar-refractivity contribution in [1.82, 2.24) is 9.88 Å². The van der Waals surface area contributed by atoms with Crippen LogP contribution in [-0.2, 0) is 10.3 Å². The second kappa shape index (κ2) is 8.08. The molecular weight excluding hydrogens is 430 g/mol. The predicted molar refractivity (Wildman–Crippen MR) is 117 cm³/mol. The molecular formula is C19H28F2N4O3SSi. The van der Waals surface area contributed by atoms with E-state index in [0.717, 1.165) is 22.7 Å². The van der Waals surface area contributed by atoms with E-state index >= 15 is 0 Å². The molecule has 1 amide bonds. The molecule has 7 nitrogen and oxygen atoms in total. The number of hydrogen-bond donors (Lipinski definition) is 2. The first-order chi connectivity index (χ1) is 13.9. The monoisotopic (exact) mass is 458 g/mol. The number of alkyl halides is 1. The highest BCUT2D eigenvalue weighted by Gasteiger charge is 2.67. The molecule has 0 spiro atoms. The van der Waals surface area contributed by atoms with Gasteiger partial charge >= 0.3 is 6.09 Å². The number of hydrogen-bond acceptors (Lipinski definition) is 6. The van der Waals surface area contributed by atoms with Gasteiger partial charge in [-0.15, -0.1) is 0 Å². The van der Waals surface area contributed by atoms with Gasteiger partial charge < -0.3 is 15.6 Å². The molecule has 30 heavy (non-hydrogen) atoms. The summed E-state index contributed by atoms with van der Waals surface area (Å²) in [4.78, 5) is 21.2. The van der Waals surface area contributed by atoms with Crippen LogP contribution in [0.2, 0.25) is 25.7 Å². The number of carboxylic acid groups (broad SMARTS) is 1. The lowest BCUT2D eigenvalue weighted by Crippen LogP contribution is -2.44. The molecule has 3 N–H and O–H groups in total. The standard InChI is InChI=1S/C19H28F2N4O3SSi/c1-18(13-7-12(22)9-23-15(13)21)14-8-19(14,10-20)29-16(24-18)25(17(26)27)11-28-5-6-30(2,3)4/h7,9,14H,5-6,8,10-11,22H2,1-4H3,(H,26,27)/t14-,18+,19+/m0/s1. The summed E-state index contributed by atoms with van der Waals surface area (Å²) in [5.41, 5.74) is 5.03. The third-order valence-corrected chi connectivity index (χ3v) is 8.80. The highest BCUT2D eigenvalue weighted by Crippen LogP contribution is 2.66. The summed E-state index contributed by atoms with van der Waals surface area (Å²) in [6.45, 7) is 7.82. The van der Waals surface area contributed by atoms with Gasteiger partial charge in [0.25, 0.3) is 0 Å². The molecule has 166 valence electrons. The van der Waals surface area contributed by atoms with Crippen molar-refractivity contribution in [3.63, 3.8) is 0 Å². The van der Waals surface area contributed by atoms with Crippen LogP contribution in [0.4, 0.5) is 19.3 Å². The molecule has 3 rings (SSSR count). The molecule has 1 saturated carbocycles. The Morgan fingerprint density at radius 3 is 2.80 bits per heavy atom. The van der Waals surface area contributed by atoms with Gasteiger partial charge in [0, 0.05) is 26.2 Å². The SMILES string of the molecule is C[C@]1(c2cc(N)cnc2F)N=C(N(COCC[Si](C)(C)C)C(=O)O)S[C@@]2(CF)C[C@H]21. The van der Waals surface area contributed by atoms with Crippen LogP contribution in [0.25, 0.3) is 0 Å². The molecule has 0 radical (unpaired) electrons. The number of halogens is 2. The van der Waals surface area contributed by atoms with Gasteiger partial charge in [0.1, 0.15) is 13.4 Å². The molecule has 0 saturated heterocycles. The maximum absolute atomic E-state index is 14.6. The number of pyridine rings is 1. The number of anilines is 1. The number of thioether (sulfide) groups is 1. The molecule has 0 bridgehead atoms. The van der Waals surface area contributed by atoms with Crippen molar-refractivity contribution in [1.29, 1.82) is 0 Å². The molecule has 0 unspecified atom stereocenters. The lowest BCUT2D eigenvalue weighted by molar-refractivity contribution is 0.0702. The summed E-state index contributed by atoms with van der Waals surface area (Å²) in [6, 6.07) is 2.32. The van der Waals surface area contributed by atoms with E-state index in [2.05, 4.69) is 29.6 Å². The van der Waals surface area contributed by atoms with Gasteiger partial charge in [-0.25, -0.2) is 19.1 Å². The smallest absolute Gasteiger partial charge is 0.415 e. The van der Waals surface area contributed by atoms with Gasteiger partial charge in [0.2, 0.25) is 5.95 Å². The van der Waals surface area contributed by atoms with Crippen LogP contribution in [0.5, 0.6) is 0 Å². The molecule has 1 fully saturated rings. The number of aromatic nitrogens is 1. The Kier molecular flexibility index (Phi) is 6.18. The molecule has 1 aromatic heterocycles. The quantitative estimate of drug-likeness (QED) is 0.276.